The van der Waals surface area contributed by atoms with E-state index in [1.54, 1.807) is 14.0 Å². The van der Waals surface area contributed by atoms with Crippen molar-refractivity contribution in [1.82, 2.24) is 16.1 Å². The average molecular weight is 300 g/mol. The molecule has 0 saturated heterocycles. The van der Waals surface area contributed by atoms with E-state index in [9.17, 15) is 14.4 Å². The normalized spacial score (nSPS) is 11.2. The molecule has 0 rings (SSSR count). The molecule has 21 heavy (non-hydrogen) atoms. The summed E-state index contributed by atoms with van der Waals surface area (Å²) in [6.45, 7) is 6.67. The van der Waals surface area contributed by atoms with Crippen LogP contribution in [-0.2, 0) is 19.1 Å². The first kappa shape index (κ1) is 19.0. The first-order chi connectivity index (χ1) is 9.86. The fourth-order valence-electron chi connectivity index (χ4n) is 1.20. The fraction of sp³-hybridized carbons (Fsp3) is 0.692. The molecule has 3 N–H and O–H groups in total. The molecule has 0 aromatic heterocycles. The second-order valence-corrected chi connectivity index (χ2v) is 4.91. The van der Waals surface area contributed by atoms with Gasteiger partial charge in [0.15, 0.2) is 0 Å². The van der Waals surface area contributed by atoms with Gasteiger partial charge in [0, 0.05) is 25.9 Å². The van der Waals surface area contributed by atoms with Gasteiger partial charge in [0.05, 0.1) is 13.0 Å². The van der Waals surface area contributed by atoms with Crippen LogP contribution in [0, 0.1) is 5.92 Å². The highest BCUT2D eigenvalue weighted by Crippen LogP contribution is 1.88. The second-order valence-electron chi connectivity index (χ2n) is 4.91. The van der Waals surface area contributed by atoms with Crippen LogP contribution < -0.4 is 16.1 Å². The molecule has 8 nitrogen and oxygen atoms in total. The lowest BCUT2D eigenvalue weighted by molar-refractivity contribution is -0.139. The number of rotatable bonds is 8. The Bertz CT molecular complexity index is 394. The highest BCUT2D eigenvalue weighted by atomic mass is 16.5. The number of ether oxygens (including phenoxy) is 1. The summed E-state index contributed by atoms with van der Waals surface area (Å²) < 4.78 is 4.80. The lowest BCUT2D eigenvalue weighted by Crippen LogP contribution is -2.39. The first-order valence-corrected chi connectivity index (χ1v) is 6.73. The Labute approximate surface area is 124 Å². The number of nitrogens with zero attached hydrogens (tertiary/aromatic N) is 1. The van der Waals surface area contributed by atoms with Crippen LogP contribution in [0.15, 0.2) is 5.10 Å². The first-order valence-electron chi connectivity index (χ1n) is 6.73. The second kappa shape index (κ2) is 10.8. The molecule has 3 amide bonds. The third-order valence-electron chi connectivity index (χ3n) is 2.27. The van der Waals surface area contributed by atoms with Crippen molar-refractivity contribution in [3.05, 3.63) is 0 Å². The van der Waals surface area contributed by atoms with Gasteiger partial charge in [-0.3, -0.25) is 14.4 Å². The Hall–Kier alpha value is -1.96. The topological polar surface area (TPSA) is 109 Å². The maximum absolute atomic E-state index is 11.4. The molecule has 0 spiro atoms. The Morgan fingerprint density at radius 2 is 1.81 bits per heavy atom. The largest absolute Gasteiger partial charge is 0.383 e. The molecule has 0 aliphatic heterocycles. The molecule has 0 unspecified atom stereocenters. The summed E-state index contributed by atoms with van der Waals surface area (Å²) in [5.74, 6) is -1.57. The molecule has 0 bridgehead atoms. The highest BCUT2D eigenvalue weighted by molar-refractivity contribution is 6.35. The van der Waals surface area contributed by atoms with Crippen molar-refractivity contribution in [3.63, 3.8) is 0 Å². The lowest BCUT2D eigenvalue weighted by atomic mass is 10.2. The molecular weight excluding hydrogens is 276 g/mol. The van der Waals surface area contributed by atoms with Gasteiger partial charge < -0.3 is 15.4 Å². The molecule has 0 aliphatic rings. The molecular formula is C13H24N4O4. The van der Waals surface area contributed by atoms with Crippen LogP contribution >= 0.6 is 0 Å². The van der Waals surface area contributed by atoms with E-state index in [2.05, 4.69) is 21.2 Å². The summed E-state index contributed by atoms with van der Waals surface area (Å²) in [5.41, 5.74) is 2.51. The summed E-state index contributed by atoms with van der Waals surface area (Å²) in [6, 6.07) is 0. The third kappa shape index (κ3) is 10.5. The average Bonchev–Trinajstić information content (AvgIpc) is 2.42. The van der Waals surface area contributed by atoms with Crippen LogP contribution in [0.4, 0.5) is 0 Å². The lowest BCUT2D eigenvalue weighted by Gasteiger charge is -2.07. The van der Waals surface area contributed by atoms with Gasteiger partial charge in [0.2, 0.25) is 5.91 Å². The van der Waals surface area contributed by atoms with E-state index in [1.807, 2.05) is 13.8 Å². The Morgan fingerprint density at radius 1 is 1.14 bits per heavy atom. The van der Waals surface area contributed by atoms with Crippen LogP contribution in [-0.4, -0.2) is 50.2 Å². The summed E-state index contributed by atoms with van der Waals surface area (Å²) in [6.07, 6.45) is 0.0393. The minimum Gasteiger partial charge on any atom is -0.383 e. The van der Waals surface area contributed by atoms with Gasteiger partial charge in [-0.1, -0.05) is 13.8 Å². The van der Waals surface area contributed by atoms with Crippen molar-refractivity contribution >= 4 is 23.4 Å². The van der Waals surface area contributed by atoms with E-state index in [1.165, 1.54) is 0 Å². The minimum atomic E-state index is -0.852. The summed E-state index contributed by atoms with van der Waals surface area (Å²) in [4.78, 5) is 34.2. The standard InChI is InChI=1S/C13H24N4O4/c1-9(2)8-15-12(19)13(20)17-16-10(3)7-11(18)14-5-6-21-4/h9H,5-8H2,1-4H3,(H,14,18)(H,15,19)(H,17,20)/b16-10+. The zero-order valence-corrected chi connectivity index (χ0v) is 13.0. The van der Waals surface area contributed by atoms with Crippen LogP contribution in [0.2, 0.25) is 0 Å². The number of hydrogen-bond donors (Lipinski definition) is 3. The van der Waals surface area contributed by atoms with E-state index >= 15 is 0 Å². The number of carbonyl (C=O) groups is 3. The van der Waals surface area contributed by atoms with Crippen molar-refractivity contribution < 1.29 is 19.1 Å². The molecule has 0 heterocycles. The van der Waals surface area contributed by atoms with Crippen molar-refractivity contribution in [3.8, 4) is 0 Å². The van der Waals surface area contributed by atoms with Crippen molar-refractivity contribution in [2.75, 3.05) is 26.8 Å². The van der Waals surface area contributed by atoms with Gasteiger partial charge in [-0.15, -0.1) is 0 Å². The van der Waals surface area contributed by atoms with E-state index in [0.29, 0.717) is 25.4 Å². The summed E-state index contributed by atoms with van der Waals surface area (Å²) in [7, 11) is 1.54. The number of hydrazone groups is 1. The summed E-state index contributed by atoms with van der Waals surface area (Å²) >= 11 is 0. The van der Waals surface area contributed by atoms with Gasteiger partial charge in [-0.05, 0) is 12.8 Å². The molecule has 0 radical (unpaired) electrons. The van der Waals surface area contributed by atoms with E-state index < -0.39 is 11.8 Å². The third-order valence-corrected chi connectivity index (χ3v) is 2.27. The van der Waals surface area contributed by atoms with Gasteiger partial charge in [-0.2, -0.15) is 5.10 Å². The van der Waals surface area contributed by atoms with E-state index in [4.69, 9.17) is 4.74 Å². The zero-order valence-electron chi connectivity index (χ0n) is 13.0. The molecule has 0 saturated carbocycles. The van der Waals surface area contributed by atoms with Crippen molar-refractivity contribution in [1.29, 1.82) is 0 Å². The van der Waals surface area contributed by atoms with Gasteiger partial charge in [-0.25, -0.2) is 5.43 Å². The maximum atomic E-state index is 11.4. The molecule has 0 aromatic rings. The monoisotopic (exact) mass is 300 g/mol. The predicted molar refractivity (Wildman–Crippen MR) is 78.6 cm³/mol. The maximum Gasteiger partial charge on any atom is 0.329 e. The van der Waals surface area contributed by atoms with E-state index in [0.717, 1.165) is 0 Å². The molecule has 120 valence electrons. The number of hydrogen-bond acceptors (Lipinski definition) is 5. The Morgan fingerprint density at radius 3 is 2.38 bits per heavy atom. The van der Waals surface area contributed by atoms with Crippen LogP contribution in [0.1, 0.15) is 27.2 Å². The van der Waals surface area contributed by atoms with Gasteiger partial charge in [0.25, 0.3) is 0 Å². The number of carbonyl (C=O) groups excluding carboxylic acids is 3. The molecule has 0 atom stereocenters. The van der Waals surface area contributed by atoms with Crippen molar-refractivity contribution in [2.45, 2.75) is 27.2 Å². The molecule has 8 heteroatoms. The molecule has 0 aromatic carbocycles. The Kier molecular flexibility index (Phi) is 9.78. The number of nitrogens with one attached hydrogen (secondary N) is 3. The number of amides is 3. The van der Waals surface area contributed by atoms with E-state index in [-0.39, 0.29) is 18.2 Å². The van der Waals surface area contributed by atoms with Gasteiger partial charge in [0.1, 0.15) is 0 Å². The van der Waals surface area contributed by atoms with Crippen LogP contribution in [0.3, 0.4) is 0 Å². The SMILES string of the molecule is COCCNC(=O)C/C(C)=N/NC(=O)C(=O)NCC(C)C. The molecule has 0 fully saturated rings. The zero-order chi connectivity index (χ0) is 16.3. The smallest absolute Gasteiger partial charge is 0.329 e. The fourth-order valence-corrected chi connectivity index (χ4v) is 1.20. The minimum absolute atomic E-state index is 0.0393. The van der Waals surface area contributed by atoms with Crippen LogP contribution in [0.25, 0.3) is 0 Å². The van der Waals surface area contributed by atoms with Crippen molar-refractivity contribution in [2.24, 2.45) is 11.0 Å². The predicted octanol–water partition coefficient (Wildman–Crippen LogP) is -0.597. The van der Waals surface area contributed by atoms with Crippen LogP contribution in [0.5, 0.6) is 0 Å². The quantitative estimate of drug-likeness (QED) is 0.241. The highest BCUT2D eigenvalue weighted by Gasteiger charge is 2.13. The summed E-state index contributed by atoms with van der Waals surface area (Å²) in [5, 5.41) is 8.79. The Balaban J connectivity index is 4.06. The molecule has 0 aliphatic carbocycles. The van der Waals surface area contributed by atoms with Gasteiger partial charge >= 0.3 is 11.8 Å². The number of methoxy groups -OCH3 is 1.